The van der Waals surface area contributed by atoms with Crippen molar-refractivity contribution in [2.75, 3.05) is 20.4 Å². The van der Waals surface area contributed by atoms with Crippen LogP contribution in [0.15, 0.2) is 83.9 Å². The van der Waals surface area contributed by atoms with E-state index in [4.69, 9.17) is 12.2 Å². The zero-order chi connectivity index (χ0) is 42.8. The molecule has 1 fully saturated rings. The molecule has 8 rings (SSSR count). The molecule has 4 N–H and O–H groups in total. The van der Waals surface area contributed by atoms with Crippen LogP contribution in [0.3, 0.4) is 0 Å². The molecule has 4 heterocycles. The molecule has 0 aliphatic carbocycles. The van der Waals surface area contributed by atoms with E-state index >= 15 is 4.39 Å². The third-order valence-corrected chi connectivity index (χ3v) is 10.8. The highest BCUT2D eigenvalue weighted by Crippen LogP contribution is 2.46. The normalized spacial score (nSPS) is 17.1. The Kier molecular flexibility index (Phi) is 9.58. The highest BCUT2D eigenvalue weighted by Gasteiger charge is 2.51. The zero-order valence-electron chi connectivity index (χ0n) is 31.5. The molecule has 1 saturated heterocycles. The molecule has 3 amide bonds. The maximum atomic E-state index is 15.6. The van der Waals surface area contributed by atoms with Crippen molar-refractivity contribution in [1.82, 2.24) is 30.3 Å². The number of anilines is 4. The number of H-pyrrole nitrogens is 1. The van der Waals surface area contributed by atoms with Crippen LogP contribution in [0.25, 0.3) is 10.8 Å². The molecule has 2 atom stereocenters. The van der Waals surface area contributed by atoms with E-state index < -0.39 is 63.9 Å². The number of aromatic amines is 1. The maximum Gasteiger partial charge on any atom is 0.417 e. The van der Waals surface area contributed by atoms with Gasteiger partial charge in [-0.1, -0.05) is 18.2 Å². The van der Waals surface area contributed by atoms with E-state index in [-0.39, 0.29) is 34.0 Å². The average molecular weight is 840 g/mol. The number of nitrogens with one attached hydrogen (secondary N) is 4. The second-order valence-electron chi connectivity index (χ2n) is 14.5. The summed E-state index contributed by atoms with van der Waals surface area (Å²) >= 11 is 5.54. The van der Waals surface area contributed by atoms with Gasteiger partial charge in [-0.25, -0.2) is 23.7 Å². The van der Waals surface area contributed by atoms with Gasteiger partial charge in [-0.3, -0.25) is 19.2 Å². The van der Waals surface area contributed by atoms with E-state index in [1.165, 1.54) is 55.4 Å². The standard InChI is InChI=1S/C40H30F5N11O3S/c1-39(2)36(58)55(24-10-6-20(16-46)27(14-24)40(43,44)45)38(60)56(39)25-11-7-21(28(42)15-25)17-47-37(59)50-23-8-4-19(5-9-23)32-31(34-48-18-49-54(34)3)33-30-26(35(57)53-52-33)12-22(41)13-29(30)51-32/h4-15,18,31-32,51H,17H2,1-3H3,(H,53,57)(H2,47,50,59)/t31-,32-/m1/s1. The Morgan fingerprint density at radius 3 is 2.42 bits per heavy atom. The fraction of sp³-hybridized carbons (Fsp3) is 0.200. The number of hydrogen-bond donors (Lipinski definition) is 4. The van der Waals surface area contributed by atoms with Gasteiger partial charge in [0.15, 0.2) is 5.11 Å². The molecule has 4 aromatic carbocycles. The predicted octanol–water partition coefficient (Wildman–Crippen LogP) is 6.76. The number of urea groups is 1. The molecule has 0 unspecified atom stereocenters. The van der Waals surface area contributed by atoms with E-state index in [9.17, 15) is 37.2 Å². The summed E-state index contributed by atoms with van der Waals surface area (Å²) in [5.41, 5.74) is -1.89. The van der Waals surface area contributed by atoms with Gasteiger partial charge in [0.1, 0.15) is 29.3 Å². The summed E-state index contributed by atoms with van der Waals surface area (Å²) in [6.45, 7) is 2.73. The third-order valence-electron chi connectivity index (χ3n) is 10.5. The number of halogens is 5. The predicted molar refractivity (Wildman–Crippen MR) is 213 cm³/mol. The van der Waals surface area contributed by atoms with Gasteiger partial charge < -0.3 is 20.9 Å². The summed E-state index contributed by atoms with van der Waals surface area (Å²) in [5.74, 6) is -2.08. The number of carbonyl (C=O) groups is 2. The first-order chi connectivity index (χ1) is 28.5. The number of amides is 3. The van der Waals surface area contributed by atoms with Crippen LogP contribution in [0.2, 0.25) is 0 Å². The van der Waals surface area contributed by atoms with E-state index in [0.29, 0.717) is 39.9 Å². The van der Waals surface area contributed by atoms with Crippen molar-refractivity contribution in [3.63, 3.8) is 0 Å². The summed E-state index contributed by atoms with van der Waals surface area (Å²) < 4.78 is 73.0. The van der Waals surface area contributed by atoms with Crippen LogP contribution in [-0.4, -0.2) is 47.6 Å². The first-order valence-corrected chi connectivity index (χ1v) is 18.4. The first-order valence-electron chi connectivity index (χ1n) is 18.0. The van der Waals surface area contributed by atoms with Crippen LogP contribution >= 0.6 is 12.2 Å². The molecule has 14 nitrogen and oxygen atoms in total. The van der Waals surface area contributed by atoms with Crippen molar-refractivity contribution in [3.05, 3.63) is 135 Å². The van der Waals surface area contributed by atoms with E-state index in [2.05, 4.69) is 36.2 Å². The van der Waals surface area contributed by atoms with Crippen molar-refractivity contribution >= 4 is 62.8 Å². The summed E-state index contributed by atoms with van der Waals surface area (Å²) in [6, 6.07) is 16.3. The molecule has 304 valence electrons. The quantitative estimate of drug-likeness (QED) is 0.0993. The Morgan fingerprint density at radius 2 is 1.75 bits per heavy atom. The zero-order valence-corrected chi connectivity index (χ0v) is 32.3. The smallest absolute Gasteiger partial charge is 0.376 e. The van der Waals surface area contributed by atoms with Gasteiger partial charge in [-0.05, 0) is 86.2 Å². The number of hydrogen-bond acceptors (Lipinski definition) is 9. The van der Waals surface area contributed by atoms with Crippen LogP contribution in [0.1, 0.15) is 59.6 Å². The lowest BCUT2D eigenvalue weighted by molar-refractivity contribution is -0.137. The van der Waals surface area contributed by atoms with Gasteiger partial charge in [-0.2, -0.15) is 28.6 Å². The van der Waals surface area contributed by atoms with E-state index in [0.717, 1.165) is 23.1 Å². The molecule has 2 aliphatic rings. The molecule has 0 bridgehead atoms. The molecule has 2 aromatic heterocycles. The van der Waals surface area contributed by atoms with Crippen LogP contribution in [0.5, 0.6) is 0 Å². The number of carbonyl (C=O) groups excluding carboxylic acids is 2. The molecule has 0 radical (unpaired) electrons. The maximum absolute atomic E-state index is 15.6. The summed E-state index contributed by atoms with van der Waals surface area (Å²) in [4.78, 5) is 45.8. The Labute approximate surface area is 341 Å². The Bertz CT molecular complexity index is 2870. The van der Waals surface area contributed by atoms with Gasteiger partial charge in [0, 0.05) is 41.6 Å². The lowest BCUT2D eigenvalue weighted by atomic mass is 9.83. The Hall–Kier alpha value is -7.27. The first kappa shape index (κ1) is 39.6. The lowest BCUT2D eigenvalue weighted by Gasteiger charge is -2.33. The van der Waals surface area contributed by atoms with Gasteiger partial charge in [-0.15, -0.1) is 0 Å². The van der Waals surface area contributed by atoms with Crippen LogP contribution < -0.4 is 31.3 Å². The number of thiocarbonyl (C=S) groups is 1. The number of aryl methyl sites for hydroxylation is 1. The lowest BCUT2D eigenvalue weighted by Crippen LogP contribution is -2.44. The monoisotopic (exact) mass is 839 g/mol. The van der Waals surface area contributed by atoms with Crippen molar-refractivity contribution in [1.29, 1.82) is 5.26 Å². The number of nitriles is 1. The topological polar surface area (TPSA) is 177 Å². The van der Waals surface area contributed by atoms with Gasteiger partial charge in [0.25, 0.3) is 11.5 Å². The van der Waals surface area contributed by atoms with Crippen LogP contribution in [-0.2, 0) is 24.6 Å². The molecule has 20 heteroatoms. The molecule has 0 spiro atoms. The molecule has 2 aliphatic heterocycles. The second kappa shape index (κ2) is 14.5. The molecular weight excluding hydrogens is 810 g/mol. The highest BCUT2D eigenvalue weighted by molar-refractivity contribution is 7.81. The van der Waals surface area contributed by atoms with E-state index in [1.807, 2.05) is 0 Å². The van der Waals surface area contributed by atoms with Crippen molar-refractivity contribution in [3.8, 4) is 6.07 Å². The van der Waals surface area contributed by atoms with Gasteiger partial charge >= 0.3 is 12.2 Å². The minimum absolute atomic E-state index is 0.0807. The molecule has 0 saturated carbocycles. The number of alkyl halides is 3. The van der Waals surface area contributed by atoms with Crippen molar-refractivity contribution in [2.45, 2.75) is 44.1 Å². The summed E-state index contributed by atoms with van der Waals surface area (Å²) in [5, 5.41) is 29.2. The number of rotatable bonds is 7. The van der Waals surface area contributed by atoms with Crippen LogP contribution in [0.4, 0.5) is 49.5 Å². The second-order valence-corrected chi connectivity index (χ2v) is 14.9. The highest BCUT2D eigenvalue weighted by atomic mass is 32.1. The number of aromatic nitrogens is 5. The number of benzene rings is 4. The largest absolute Gasteiger partial charge is 0.417 e. The SMILES string of the molecule is Cn1ncnc1[C@H]1c2n[nH]c(=O)c3cc(F)cc(c23)N[C@@H]1c1ccc(NC(=O)NCc2ccc(N3C(=S)N(c4ccc(C#N)c(C(F)(F)F)c4)C(=O)C3(C)C)cc2F)cc1. The minimum atomic E-state index is -4.87. The van der Waals surface area contributed by atoms with Crippen molar-refractivity contribution in [2.24, 2.45) is 7.05 Å². The molecule has 6 aromatic rings. The number of nitrogens with zero attached hydrogens (tertiary/aromatic N) is 7. The van der Waals surface area contributed by atoms with Gasteiger partial charge in [0.05, 0.1) is 45.9 Å². The van der Waals surface area contributed by atoms with Gasteiger partial charge in [0.2, 0.25) is 0 Å². The molecule has 60 heavy (non-hydrogen) atoms. The van der Waals surface area contributed by atoms with Crippen molar-refractivity contribution < 1.29 is 31.5 Å². The average Bonchev–Trinajstić information content (AvgIpc) is 3.70. The Balaban J connectivity index is 0.962. The fourth-order valence-electron chi connectivity index (χ4n) is 7.57. The van der Waals surface area contributed by atoms with E-state index in [1.54, 1.807) is 36.0 Å². The molecular formula is C40H30F5N11O3S. The summed E-state index contributed by atoms with van der Waals surface area (Å²) in [6.07, 6.45) is -3.48. The fourth-order valence-corrected chi connectivity index (χ4v) is 8.10. The van der Waals surface area contributed by atoms with Crippen LogP contribution in [0, 0.1) is 23.0 Å². The summed E-state index contributed by atoms with van der Waals surface area (Å²) in [7, 11) is 1.72. The Morgan fingerprint density at radius 1 is 1.02 bits per heavy atom. The third kappa shape index (κ3) is 6.71. The minimum Gasteiger partial charge on any atom is -0.376 e.